The molecule has 1 atom stereocenters. The normalized spacial score (nSPS) is 23.5. The van der Waals surface area contributed by atoms with Gasteiger partial charge in [-0.2, -0.15) is 0 Å². The molecule has 0 spiro atoms. The number of amides is 4. The molecule has 1 aromatic carbocycles. The van der Waals surface area contributed by atoms with Crippen molar-refractivity contribution in [1.82, 2.24) is 15.1 Å². The number of likely N-dealkylation sites (tertiary alicyclic amines) is 1. The summed E-state index contributed by atoms with van der Waals surface area (Å²) < 4.78 is 11.9. The fraction of sp³-hybridized carbons (Fsp3) is 0.643. The van der Waals surface area contributed by atoms with Gasteiger partial charge in [-0.15, -0.1) is 0 Å². The smallest absolute Gasteiger partial charge is 0.410 e. The van der Waals surface area contributed by atoms with Gasteiger partial charge < -0.3 is 24.2 Å². The summed E-state index contributed by atoms with van der Waals surface area (Å²) in [5.41, 5.74) is 2.15. The molecule has 4 aliphatic heterocycles. The zero-order valence-electron chi connectivity index (χ0n) is 22.5. The minimum Gasteiger partial charge on any atom is -0.444 e. The first-order valence-electron chi connectivity index (χ1n) is 13.7. The first-order chi connectivity index (χ1) is 18.1. The fourth-order valence-electron chi connectivity index (χ4n) is 5.78. The van der Waals surface area contributed by atoms with Gasteiger partial charge in [0.15, 0.2) is 0 Å². The lowest BCUT2D eigenvalue weighted by Gasteiger charge is -2.38. The number of fused-ring (bicyclic) bond motifs is 1. The highest BCUT2D eigenvalue weighted by molar-refractivity contribution is 6.05. The average molecular weight is 527 g/mol. The number of hydrogen-bond acceptors (Lipinski definition) is 7. The molecule has 4 amide bonds. The molecule has 0 radical (unpaired) electrons. The number of carbonyl (C=O) groups is 4. The second-order valence-electron chi connectivity index (χ2n) is 11.7. The van der Waals surface area contributed by atoms with E-state index in [0.29, 0.717) is 31.6 Å². The maximum absolute atomic E-state index is 13.0. The van der Waals surface area contributed by atoms with Crippen LogP contribution in [-0.2, 0) is 25.6 Å². The van der Waals surface area contributed by atoms with Gasteiger partial charge in [0, 0.05) is 50.4 Å². The van der Waals surface area contributed by atoms with E-state index in [2.05, 4.69) is 16.3 Å². The summed E-state index contributed by atoms with van der Waals surface area (Å²) in [4.78, 5) is 54.7. The van der Waals surface area contributed by atoms with E-state index < -0.39 is 11.6 Å². The highest BCUT2D eigenvalue weighted by Gasteiger charge is 2.39. The number of nitrogens with zero attached hydrogens (tertiary/aromatic N) is 3. The first kappa shape index (κ1) is 26.5. The zero-order valence-corrected chi connectivity index (χ0v) is 22.5. The predicted molar refractivity (Wildman–Crippen MR) is 140 cm³/mol. The topological polar surface area (TPSA) is 108 Å². The molecule has 10 heteroatoms. The Hall–Kier alpha value is -3.14. The van der Waals surface area contributed by atoms with Crippen LogP contribution in [0.4, 0.5) is 10.5 Å². The van der Waals surface area contributed by atoms with Crippen LogP contribution in [0.5, 0.6) is 0 Å². The summed E-state index contributed by atoms with van der Waals surface area (Å²) in [6.07, 6.45) is 4.21. The van der Waals surface area contributed by atoms with Gasteiger partial charge in [-0.3, -0.25) is 19.7 Å². The molecule has 10 nitrogen and oxygen atoms in total. The van der Waals surface area contributed by atoms with Crippen LogP contribution in [0.15, 0.2) is 18.2 Å². The zero-order chi connectivity index (χ0) is 27.0. The van der Waals surface area contributed by atoms with Crippen LogP contribution in [0.25, 0.3) is 0 Å². The Morgan fingerprint density at radius 3 is 2.24 bits per heavy atom. The lowest BCUT2D eigenvalue weighted by Crippen LogP contribution is -2.52. The fourth-order valence-corrected chi connectivity index (χ4v) is 5.78. The molecule has 0 saturated carbocycles. The van der Waals surface area contributed by atoms with Crippen molar-refractivity contribution in [3.05, 3.63) is 29.3 Å². The molecular weight excluding hydrogens is 488 g/mol. The van der Waals surface area contributed by atoms with Crippen molar-refractivity contribution in [2.45, 2.75) is 89.7 Å². The van der Waals surface area contributed by atoms with Gasteiger partial charge in [-0.1, -0.05) is 0 Å². The molecule has 38 heavy (non-hydrogen) atoms. The van der Waals surface area contributed by atoms with Gasteiger partial charge in [-0.25, -0.2) is 4.79 Å². The van der Waals surface area contributed by atoms with Gasteiger partial charge in [-0.05, 0) is 76.6 Å². The van der Waals surface area contributed by atoms with Gasteiger partial charge in [0.05, 0.1) is 12.2 Å². The maximum Gasteiger partial charge on any atom is 0.410 e. The van der Waals surface area contributed by atoms with E-state index in [1.54, 1.807) is 9.80 Å². The molecular formula is C28H38N4O6. The average Bonchev–Trinajstić information content (AvgIpc) is 3.19. The van der Waals surface area contributed by atoms with E-state index in [4.69, 9.17) is 9.47 Å². The summed E-state index contributed by atoms with van der Waals surface area (Å²) in [7, 11) is 0. The molecule has 1 aromatic rings. The SMILES string of the molecule is CC(C)(C)OC(=O)N1CCC(OC2CCN(c3ccc4c(c3)CN([C@H]3CCC(=O)NC3=O)C4=O)CC2)CC1. The standard InChI is InChI=1S/C28H38N4O6/c1-28(2,3)38-27(36)31-14-10-21(11-15-31)37-20-8-12-30(13-9-20)19-4-5-22-18(16-19)17-32(26(22)35)23-6-7-24(33)29-25(23)34/h4-5,16,20-21,23H,6-15,17H2,1-3H3,(H,29,33,34)/t23-/m0/s1. The van der Waals surface area contributed by atoms with Crippen molar-refractivity contribution in [3.8, 4) is 0 Å². The maximum atomic E-state index is 13.0. The monoisotopic (exact) mass is 526 g/mol. The highest BCUT2D eigenvalue weighted by atomic mass is 16.6. The van der Waals surface area contributed by atoms with E-state index >= 15 is 0 Å². The van der Waals surface area contributed by atoms with E-state index in [-0.39, 0.29) is 42.4 Å². The van der Waals surface area contributed by atoms with E-state index in [1.165, 1.54) is 0 Å². The van der Waals surface area contributed by atoms with Crippen LogP contribution < -0.4 is 10.2 Å². The summed E-state index contributed by atoms with van der Waals surface area (Å²) in [5, 5.41) is 2.35. The predicted octanol–water partition coefficient (Wildman–Crippen LogP) is 2.83. The molecule has 4 aliphatic rings. The molecule has 3 fully saturated rings. The molecule has 5 rings (SSSR count). The summed E-state index contributed by atoms with van der Waals surface area (Å²) >= 11 is 0. The third-order valence-electron chi connectivity index (χ3n) is 7.79. The molecule has 206 valence electrons. The van der Waals surface area contributed by atoms with Crippen LogP contribution in [0.1, 0.15) is 75.2 Å². The Balaban J connectivity index is 1.10. The Morgan fingerprint density at radius 2 is 1.61 bits per heavy atom. The number of carbonyl (C=O) groups excluding carboxylic acids is 4. The number of anilines is 1. The molecule has 0 bridgehead atoms. The van der Waals surface area contributed by atoms with Crippen LogP contribution in [0, 0.1) is 0 Å². The minimum atomic E-state index is -0.597. The summed E-state index contributed by atoms with van der Waals surface area (Å²) in [6.45, 7) is 9.07. The minimum absolute atomic E-state index is 0.147. The number of piperidine rings is 3. The van der Waals surface area contributed by atoms with Gasteiger partial charge in [0.25, 0.3) is 5.91 Å². The van der Waals surface area contributed by atoms with Crippen LogP contribution in [0.2, 0.25) is 0 Å². The lowest BCUT2D eigenvalue weighted by molar-refractivity contribution is -0.136. The van der Waals surface area contributed by atoms with Crippen LogP contribution >= 0.6 is 0 Å². The Kier molecular flexibility index (Phi) is 7.35. The van der Waals surface area contributed by atoms with Crippen molar-refractivity contribution in [3.63, 3.8) is 0 Å². The Morgan fingerprint density at radius 1 is 0.947 bits per heavy atom. The Bertz CT molecular complexity index is 1100. The summed E-state index contributed by atoms with van der Waals surface area (Å²) in [5.74, 6) is -0.817. The largest absolute Gasteiger partial charge is 0.444 e. The molecule has 0 aromatic heterocycles. The van der Waals surface area contributed by atoms with Gasteiger partial charge >= 0.3 is 6.09 Å². The van der Waals surface area contributed by atoms with Crippen molar-refractivity contribution in [1.29, 1.82) is 0 Å². The van der Waals surface area contributed by atoms with E-state index in [9.17, 15) is 19.2 Å². The van der Waals surface area contributed by atoms with E-state index in [1.807, 2.05) is 32.9 Å². The van der Waals surface area contributed by atoms with Crippen molar-refractivity contribution < 1.29 is 28.7 Å². The van der Waals surface area contributed by atoms with E-state index in [0.717, 1.165) is 50.0 Å². The third-order valence-corrected chi connectivity index (χ3v) is 7.79. The quantitative estimate of drug-likeness (QED) is 0.601. The number of ether oxygens (including phenoxy) is 2. The van der Waals surface area contributed by atoms with Crippen molar-refractivity contribution in [2.24, 2.45) is 0 Å². The molecule has 1 N–H and O–H groups in total. The van der Waals surface area contributed by atoms with Crippen molar-refractivity contribution >= 4 is 29.5 Å². The number of benzene rings is 1. The summed E-state index contributed by atoms with van der Waals surface area (Å²) in [6, 6.07) is 5.31. The third kappa shape index (κ3) is 5.80. The number of imide groups is 1. The molecule has 3 saturated heterocycles. The van der Waals surface area contributed by atoms with Crippen molar-refractivity contribution in [2.75, 3.05) is 31.1 Å². The lowest BCUT2D eigenvalue weighted by atomic mass is 10.0. The number of rotatable bonds is 4. The Labute approximate surface area is 223 Å². The van der Waals surface area contributed by atoms with Crippen LogP contribution in [-0.4, -0.2) is 83.6 Å². The number of nitrogens with one attached hydrogen (secondary N) is 1. The molecule has 4 heterocycles. The second kappa shape index (κ2) is 10.6. The number of hydrogen-bond donors (Lipinski definition) is 1. The molecule has 0 unspecified atom stereocenters. The first-order valence-corrected chi connectivity index (χ1v) is 13.7. The second-order valence-corrected chi connectivity index (χ2v) is 11.7. The highest BCUT2D eigenvalue weighted by Crippen LogP contribution is 2.32. The van der Waals surface area contributed by atoms with Crippen LogP contribution in [0.3, 0.4) is 0 Å². The van der Waals surface area contributed by atoms with Gasteiger partial charge in [0.2, 0.25) is 11.8 Å². The van der Waals surface area contributed by atoms with Gasteiger partial charge in [0.1, 0.15) is 11.6 Å². The molecule has 0 aliphatic carbocycles.